The van der Waals surface area contributed by atoms with Crippen LogP contribution in [0, 0.1) is 0 Å². The molecule has 2 aliphatic rings. The van der Waals surface area contributed by atoms with Gasteiger partial charge in [0.1, 0.15) is 6.04 Å². The standard InChI is InChI=1S/C16H23N3O/c17-16(20)15-7-3-4-10-19(15)14-6-2-1-5-12(14)11-18-13-8-9-13/h1-2,5-6,13,15,18H,3-4,7-11H2,(H2,17,20). The average Bonchev–Trinajstić information content (AvgIpc) is 3.29. The zero-order valence-corrected chi connectivity index (χ0v) is 11.8. The van der Waals surface area contributed by atoms with Crippen LogP contribution < -0.4 is 16.0 Å². The van der Waals surface area contributed by atoms with Crippen LogP contribution in [-0.4, -0.2) is 24.5 Å². The summed E-state index contributed by atoms with van der Waals surface area (Å²) in [5.74, 6) is -0.199. The Morgan fingerprint density at radius 1 is 1.25 bits per heavy atom. The van der Waals surface area contributed by atoms with Gasteiger partial charge in [-0.2, -0.15) is 0 Å². The van der Waals surface area contributed by atoms with Gasteiger partial charge < -0.3 is 16.0 Å². The number of para-hydroxylation sites is 1. The lowest BCUT2D eigenvalue weighted by Gasteiger charge is -2.36. The third kappa shape index (κ3) is 2.96. The molecule has 1 aliphatic carbocycles. The number of primary amides is 1. The fourth-order valence-corrected chi connectivity index (χ4v) is 3.00. The van der Waals surface area contributed by atoms with Crippen LogP contribution in [0.15, 0.2) is 24.3 Å². The summed E-state index contributed by atoms with van der Waals surface area (Å²) < 4.78 is 0. The lowest BCUT2D eigenvalue weighted by Crippen LogP contribution is -2.48. The molecule has 2 fully saturated rings. The number of rotatable bonds is 5. The molecule has 0 radical (unpaired) electrons. The van der Waals surface area contributed by atoms with E-state index < -0.39 is 0 Å². The molecule has 108 valence electrons. The Hall–Kier alpha value is -1.55. The predicted octanol–water partition coefficient (Wildman–Crippen LogP) is 1.78. The van der Waals surface area contributed by atoms with Crippen LogP contribution in [-0.2, 0) is 11.3 Å². The molecule has 4 nitrogen and oxygen atoms in total. The van der Waals surface area contributed by atoms with E-state index in [0.717, 1.165) is 32.4 Å². The van der Waals surface area contributed by atoms with E-state index in [4.69, 9.17) is 5.73 Å². The minimum atomic E-state index is -0.199. The molecule has 4 heteroatoms. The summed E-state index contributed by atoms with van der Waals surface area (Å²) in [7, 11) is 0. The van der Waals surface area contributed by atoms with Gasteiger partial charge >= 0.3 is 0 Å². The van der Waals surface area contributed by atoms with Crippen molar-refractivity contribution in [2.24, 2.45) is 5.73 Å². The maximum absolute atomic E-state index is 11.7. The third-order valence-electron chi connectivity index (χ3n) is 4.29. The molecule has 1 amide bonds. The van der Waals surface area contributed by atoms with Crippen LogP contribution in [0.25, 0.3) is 0 Å². The second kappa shape index (κ2) is 5.83. The van der Waals surface area contributed by atoms with Gasteiger partial charge in [0.15, 0.2) is 0 Å². The summed E-state index contributed by atoms with van der Waals surface area (Å²) in [6.07, 6.45) is 5.67. The van der Waals surface area contributed by atoms with Crippen LogP contribution in [0.3, 0.4) is 0 Å². The number of piperidine rings is 1. The van der Waals surface area contributed by atoms with E-state index in [-0.39, 0.29) is 11.9 Å². The van der Waals surface area contributed by atoms with E-state index in [2.05, 4.69) is 28.4 Å². The highest BCUT2D eigenvalue weighted by Crippen LogP contribution is 2.29. The van der Waals surface area contributed by atoms with Crippen LogP contribution in [0.4, 0.5) is 5.69 Å². The summed E-state index contributed by atoms with van der Waals surface area (Å²) in [5.41, 5.74) is 8.02. The van der Waals surface area contributed by atoms with Gasteiger partial charge in [0.2, 0.25) is 5.91 Å². The number of benzene rings is 1. The number of hydrogen-bond acceptors (Lipinski definition) is 3. The Balaban J connectivity index is 1.81. The fraction of sp³-hybridized carbons (Fsp3) is 0.562. The van der Waals surface area contributed by atoms with Crippen molar-refractivity contribution in [3.8, 4) is 0 Å². The average molecular weight is 273 g/mol. The smallest absolute Gasteiger partial charge is 0.240 e. The van der Waals surface area contributed by atoms with E-state index in [0.29, 0.717) is 6.04 Å². The molecule has 3 rings (SSSR count). The molecule has 1 heterocycles. The number of nitrogens with two attached hydrogens (primary N) is 1. The molecule has 3 N–H and O–H groups in total. The number of hydrogen-bond donors (Lipinski definition) is 2. The number of anilines is 1. The zero-order chi connectivity index (χ0) is 13.9. The molecule has 0 spiro atoms. The maximum atomic E-state index is 11.7. The summed E-state index contributed by atoms with van der Waals surface area (Å²) in [4.78, 5) is 13.9. The molecule has 1 saturated heterocycles. The SMILES string of the molecule is NC(=O)C1CCCCN1c1ccccc1CNC1CC1. The van der Waals surface area contributed by atoms with Gasteiger partial charge in [-0.1, -0.05) is 18.2 Å². The minimum Gasteiger partial charge on any atom is -0.368 e. The van der Waals surface area contributed by atoms with Crippen molar-refractivity contribution in [1.82, 2.24) is 5.32 Å². The normalized spacial score (nSPS) is 22.8. The fourth-order valence-electron chi connectivity index (χ4n) is 3.00. The molecule has 1 unspecified atom stereocenters. The second-order valence-corrected chi connectivity index (χ2v) is 5.89. The third-order valence-corrected chi connectivity index (χ3v) is 4.29. The van der Waals surface area contributed by atoms with Crippen molar-refractivity contribution in [3.05, 3.63) is 29.8 Å². The molecule has 0 aromatic heterocycles. The molecular weight excluding hydrogens is 250 g/mol. The summed E-state index contributed by atoms with van der Waals surface area (Å²) in [5, 5.41) is 3.55. The van der Waals surface area contributed by atoms with Crippen LogP contribution >= 0.6 is 0 Å². The topological polar surface area (TPSA) is 58.4 Å². The maximum Gasteiger partial charge on any atom is 0.240 e. The first-order valence-corrected chi connectivity index (χ1v) is 7.63. The molecule has 1 aromatic carbocycles. The first-order valence-electron chi connectivity index (χ1n) is 7.63. The Morgan fingerprint density at radius 2 is 2.05 bits per heavy atom. The van der Waals surface area contributed by atoms with Crippen molar-refractivity contribution in [2.45, 2.75) is 50.7 Å². The lowest BCUT2D eigenvalue weighted by atomic mass is 9.99. The van der Waals surface area contributed by atoms with E-state index >= 15 is 0 Å². The van der Waals surface area contributed by atoms with Gasteiger partial charge in [0, 0.05) is 24.8 Å². The highest BCUT2D eigenvalue weighted by Gasteiger charge is 2.28. The molecule has 0 bridgehead atoms. The number of carbonyl (C=O) groups excluding carboxylic acids is 1. The van der Waals surface area contributed by atoms with Gasteiger partial charge in [-0.05, 0) is 43.7 Å². The van der Waals surface area contributed by atoms with E-state index in [9.17, 15) is 4.79 Å². The van der Waals surface area contributed by atoms with Crippen LogP contribution in [0.1, 0.15) is 37.7 Å². The highest BCUT2D eigenvalue weighted by molar-refractivity contribution is 5.84. The van der Waals surface area contributed by atoms with Gasteiger partial charge in [-0.3, -0.25) is 4.79 Å². The van der Waals surface area contributed by atoms with Gasteiger partial charge in [0.25, 0.3) is 0 Å². The van der Waals surface area contributed by atoms with Gasteiger partial charge in [-0.15, -0.1) is 0 Å². The molecular formula is C16H23N3O. The number of amides is 1. The Bertz CT molecular complexity index is 484. The Morgan fingerprint density at radius 3 is 2.80 bits per heavy atom. The van der Waals surface area contributed by atoms with Gasteiger partial charge in [0.05, 0.1) is 0 Å². The molecule has 20 heavy (non-hydrogen) atoms. The second-order valence-electron chi connectivity index (χ2n) is 5.89. The summed E-state index contributed by atoms with van der Waals surface area (Å²) in [6.45, 7) is 1.80. The van der Waals surface area contributed by atoms with E-state index in [1.54, 1.807) is 0 Å². The summed E-state index contributed by atoms with van der Waals surface area (Å²) in [6, 6.07) is 8.92. The zero-order valence-electron chi connectivity index (χ0n) is 11.8. The van der Waals surface area contributed by atoms with Crippen molar-refractivity contribution >= 4 is 11.6 Å². The largest absolute Gasteiger partial charge is 0.368 e. The minimum absolute atomic E-state index is 0.147. The molecule has 1 aromatic rings. The quantitative estimate of drug-likeness (QED) is 0.860. The number of carbonyl (C=O) groups is 1. The Labute approximate surface area is 120 Å². The lowest BCUT2D eigenvalue weighted by molar-refractivity contribution is -0.119. The van der Waals surface area contributed by atoms with E-state index in [1.807, 2.05) is 6.07 Å². The molecule has 1 aliphatic heterocycles. The van der Waals surface area contributed by atoms with Crippen molar-refractivity contribution in [3.63, 3.8) is 0 Å². The van der Waals surface area contributed by atoms with Crippen molar-refractivity contribution in [1.29, 1.82) is 0 Å². The molecule has 1 saturated carbocycles. The number of nitrogens with one attached hydrogen (secondary N) is 1. The highest BCUT2D eigenvalue weighted by atomic mass is 16.1. The Kier molecular flexibility index (Phi) is 3.92. The first-order chi connectivity index (χ1) is 9.75. The predicted molar refractivity (Wildman–Crippen MR) is 80.5 cm³/mol. The molecule has 1 atom stereocenters. The number of nitrogens with zero attached hydrogens (tertiary/aromatic N) is 1. The summed E-state index contributed by atoms with van der Waals surface area (Å²) >= 11 is 0. The monoisotopic (exact) mass is 273 g/mol. The van der Waals surface area contributed by atoms with Gasteiger partial charge in [-0.25, -0.2) is 0 Å². The first kappa shape index (κ1) is 13.4. The van der Waals surface area contributed by atoms with Crippen LogP contribution in [0.5, 0.6) is 0 Å². The van der Waals surface area contributed by atoms with Crippen molar-refractivity contribution in [2.75, 3.05) is 11.4 Å². The van der Waals surface area contributed by atoms with E-state index in [1.165, 1.54) is 24.1 Å². The van der Waals surface area contributed by atoms with Crippen LogP contribution in [0.2, 0.25) is 0 Å². The van der Waals surface area contributed by atoms with Crippen molar-refractivity contribution < 1.29 is 4.79 Å².